The van der Waals surface area contributed by atoms with Crippen LogP contribution in [0.15, 0.2) is 83.8 Å². The summed E-state index contributed by atoms with van der Waals surface area (Å²) in [7, 11) is -3.75. The summed E-state index contributed by atoms with van der Waals surface area (Å²) in [6.45, 7) is 0.330. The van der Waals surface area contributed by atoms with Gasteiger partial charge in [-0.25, -0.2) is 8.42 Å². The number of benzene rings is 3. The maximum absolute atomic E-state index is 12.4. The van der Waals surface area contributed by atoms with E-state index in [-0.39, 0.29) is 22.2 Å². The normalized spacial score (nSPS) is 10.9. The molecule has 0 radical (unpaired) electrons. The Morgan fingerprint density at radius 2 is 1.63 bits per heavy atom. The Balaban J connectivity index is 1.60. The number of nitrogens with zero attached hydrogens (tertiary/aromatic N) is 1. The molecule has 30 heavy (non-hydrogen) atoms. The fraction of sp³-hybridized carbons (Fsp3) is 0.0952. The second kappa shape index (κ2) is 9.19. The van der Waals surface area contributed by atoms with Gasteiger partial charge in [-0.3, -0.25) is 19.6 Å². The van der Waals surface area contributed by atoms with Crippen LogP contribution in [0.3, 0.4) is 0 Å². The number of non-ortho nitro benzene ring substituents is 1. The zero-order chi connectivity index (χ0) is 21.6. The number of nitro benzene ring substituents is 1. The predicted molar refractivity (Wildman–Crippen MR) is 113 cm³/mol. The van der Waals surface area contributed by atoms with Gasteiger partial charge in [-0.2, -0.15) is 0 Å². The molecule has 0 unspecified atom stereocenters. The number of carbonyl (C=O) groups excluding carboxylic acids is 1. The molecule has 3 aromatic rings. The lowest BCUT2D eigenvalue weighted by atomic mass is 10.1. The van der Waals surface area contributed by atoms with Crippen LogP contribution in [0.1, 0.15) is 15.9 Å². The molecule has 0 aromatic heterocycles. The highest BCUT2D eigenvalue weighted by Crippen LogP contribution is 2.17. The number of hydrogen-bond donors (Lipinski definition) is 2. The van der Waals surface area contributed by atoms with Gasteiger partial charge >= 0.3 is 0 Å². The van der Waals surface area contributed by atoms with E-state index in [0.717, 1.165) is 5.56 Å². The Morgan fingerprint density at radius 3 is 2.30 bits per heavy atom. The summed E-state index contributed by atoms with van der Waals surface area (Å²) in [5.41, 5.74) is 1.46. The monoisotopic (exact) mass is 425 g/mol. The Hall–Kier alpha value is -3.72. The van der Waals surface area contributed by atoms with Crippen LogP contribution in [0.4, 0.5) is 11.4 Å². The molecular formula is C21H19N3O5S. The third-order valence-corrected chi connectivity index (χ3v) is 5.67. The molecule has 8 nitrogen and oxygen atoms in total. The van der Waals surface area contributed by atoms with Crippen LogP contribution in [0, 0.1) is 10.1 Å². The Kier molecular flexibility index (Phi) is 6.43. The van der Waals surface area contributed by atoms with Crippen molar-refractivity contribution in [3.8, 4) is 0 Å². The van der Waals surface area contributed by atoms with E-state index < -0.39 is 14.9 Å². The van der Waals surface area contributed by atoms with E-state index in [0.29, 0.717) is 18.5 Å². The standard InChI is InChI=1S/C21H19N3O5S/c25-21(22-14-13-16-9-11-19(12-10-16)24(26)27)17-5-4-6-18(15-17)23-30(28,29)20-7-2-1-3-8-20/h1-12,15,23H,13-14H2,(H,22,25). The first-order chi connectivity index (χ1) is 14.3. The molecule has 3 rings (SSSR count). The van der Waals surface area contributed by atoms with Crippen LogP contribution < -0.4 is 10.0 Å². The van der Waals surface area contributed by atoms with Crippen LogP contribution in [0.2, 0.25) is 0 Å². The molecule has 0 spiro atoms. The molecule has 0 saturated carbocycles. The summed E-state index contributed by atoms with van der Waals surface area (Å²) in [6, 6.07) is 20.3. The minimum Gasteiger partial charge on any atom is -0.352 e. The molecule has 0 aliphatic carbocycles. The highest BCUT2D eigenvalue weighted by molar-refractivity contribution is 7.92. The van der Waals surface area contributed by atoms with Gasteiger partial charge in [0.2, 0.25) is 0 Å². The number of anilines is 1. The number of rotatable bonds is 8. The highest BCUT2D eigenvalue weighted by Gasteiger charge is 2.14. The Morgan fingerprint density at radius 1 is 0.933 bits per heavy atom. The van der Waals surface area contributed by atoms with Crippen molar-refractivity contribution in [2.24, 2.45) is 0 Å². The number of nitrogens with one attached hydrogen (secondary N) is 2. The highest BCUT2D eigenvalue weighted by atomic mass is 32.2. The maximum Gasteiger partial charge on any atom is 0.269 e. The average Bonchev–Trinajstić information content (AvgIpc) is 2.74. The molecule has 0 fully saturated rings. The van der Waals surface area contributed by atoms with E-state index >= 15 is 0 Å². The quantitative estimate of drug-likeness (QED) is 0.424. The first kappa shape index (κ1) is 21.0. The van der Waals surface area contributed by atoms with Gasteiger partial charge in [0.1, 0.15) is 0 Å². The van der Waals surface area contributed by atoms with Gasteiger partial charge in [-0.15, -0.1) is 0 Å². The van der Waals surface area contributed by atoms with Crippen molar-refractivity contribution < 1.29 is 18.1 Å². The molecule has 2 N–H and O–H groups in total. The summed E-state index contributed by atoms with van der Waals surface area (Å²) in [5.74, 6) is -0.349. The van der Waals surface area contributed by atoms with Crippen LogP contribution in [-0.4, -0.2) is 25.8 Å². The van der Waals surface area contributed by atoms with Gasteiger partial charge in [0, 0.05) is 29.9 Å². The molecule has 1 amide bonds. The third kappa shape index (κ3) is 5.42. The van der Waals surface area contributed by atoms with Crippen molar-refractivity contribution in [1.29, 1.82) is 0 Å². The van der Waals surface area contributed by atoms with Gasteiger partial charge in [0.25, 0.3) is 21.6 Å². The lowest BCUT2D eigenvalue weighted by molar-refractivity contribution is -0.384. The molecule has 0 saturated heterocycles. The number of hydrogen-bond acceptors (Lipinski definition) is 5. The fourth-order valence-corrected chi connectivity index (χ4v) is 3.81. The van der Waals surface area contributed by atoms with Crippen LogP contribution in [-0.2, 0) is 16.4 Å². The first-order valence-corrected chi connectivity index (χ1v) is 10.5. The predicted octanol–water partition coefficient (Wildman–Crippen LogP) is 3.37. The third-order valence-electron chi connectivity index (χ3n) is 4.28. The van der Waals surface area contributed by atoms with E-state index in [1.165, 1.54) is 30.3 Å². The minimum absolute atomic E-state index is 0.0116. The molecule has 0 aliphatic rings. The second-order valence-corrected chi connectivity index (χ2v) is 8.11. The zero-order valence-corrected chi connectivity index (χ0v) is 16.6. The van der Waals surface area contributed by atoms with Crippen molar-refractivity contribution in [3.63, 3.8) is 0 Å². The Labute approximate surface area is 173 Å². The van der Waals surface area contributed by atoms with Gasteiger partial charge < -0.3 is 5.32 Å². The molecule has 0 atom stereocenters. The lowest BCUT2D eigenvalue weighted by Gasteiger charge is -2.10. The molecule has 0 bridgehead atoms. The second-order valence-electron chi connectivity index (χ2n) is 6.43. The molecule has 0 aliphatic heterocycles. The van der Waals surface area contributed by atoms with Gasteiger partial charge in [0.05, 0.1) is 9.82 Å². The van der Waals surface area contributed by atoms with Crippen molar-refractivity contribution in [2.75, 3.05) is 11.3 Å². The van der Waals surface area contributed by atoms with Crippen molar-refractivity contribution in [2.45, 2.75) is 11.3 Å². The van der Waals surface area contributed by atoms with E-state index in [1.54, 1.807) is 48.5 Å². The first-order valence-electron chi connectivity index (χ1n) is 9.04. The summed E-state index contributed by atoms with van der Waals surface area (Å²) < 4.78 is 27.3. The van der Waals surface area contributed by atoms with Crippen LogP contribution in [0.5, 0.6) is 0 Å². The van der Waals surface area contributed by atoms with Gasteiger partial charge in [0.15, 0.2) is 0 Å². The SMILES string of the molecule is O=C(NCCc1ccc([N+](=O)[O-])cc1)c1cccc(NS(=O)(=O)c2ccccc2)c1. The summed E-state index contributed by atoms with van der Waals surface area (Å²) in [6.07, 6.45) is 0.504. The molecular weight excluding hydrogens is 406 g/mol. The van der Waals surface area contributed by atoms with Gasteiger partial charge in [-0.05, 0) is 42.3 Å². The topological polar surface area (TPSA) is 118 Å². The lowest BCUT2D eigenvalue weighted by Crippen LogP contribution is -2.25. The Bertz CT molecular complexity index is 1150. The summed E-state index contributed by atoms with van der Waals surface area (Å²) in [4.78, 5) is 22.7. The van der Waals surface area contributed by atoms with Crippen LogP contribution in [0.25, 0.3) is 0 Å². The van der Waals surface area contributed by atoms with Crippen molar-refractivity contribution in [1.82, 2.24) is 5.32 Å². The zero-order valence-electron chi connectivity index (χ0n) is 15.8. The number of sulfonamides is 1. The largest absolute Gasteiger partial charge is 0.352 e. The van der Waals surface area contributed by atoms with Crippen molar-refractivity contribution in [3.05, 3.63) is 100 Å². The fourth-order valence-electron chi connectivity index (χ4n) is 2.74. The summed E-state index contributed by atoms with van der Waals surface area (Å²) >= 11 is 0. The van der Waals surface area contributed by atoms with Gasteiger partial charge in [-0.1, -0.05) is 36.4 Å². The van der Waals surface area contributed by atoms with Crippen LogP contribution >= 0.6 is 0 Å². The number of carbonyl (C=O) groups is 1. The smallest absolute Gasteiger partial charge is 0.269 e. The average molecular weight is 425 g/mol. The summed E-state index contributed by atoms with van der Waals surface area (Å²) in [5, 5.41) is 13.4. The maximum atomic E-state index is 12.4. The molecule has 3 aromatic carbocycles. The molecule has 154 valence electrons. The van der Waals surface area contributed by atoms with E-state index in [4.69, 9.17) is 0 Å². The van der Waals surface area contributed by atoms with E-state index in [1.807, 2.05) is 0 Å². The van der Waals surface area contributed by atoms with E-state index in [2.05, 4.69) is 10.0 Å². The van der Waals surface area contributed by atoms with E-state index in [9.17, 15) is 23.3 Å². The molecule has 0 heterocycles. The molecule has 9 heteroatoms. The minimum atomic E-state index is -3.75. The number of nitro groups is 1. The van der Waals surface area contributed by atoms with Crippen molar-refractivity contribution >= 4 is 27.3 Å². The number of amides is 1.